The molecule has 1 rings (SSSR count). The van der Waals surface area contributed by atoms with E-state index in [9.17, 15) is 10.0 Å². The fraction of sp³-hybridized carbons (Fsp3) is 0.727. The van der Waals surface area contributed by atoms with Gasteiger partial charge in [-0.3, -0.25) is 0 Å². The summed E-state index contributed by atoms with van der Waals surface area (Å²) in [6, 6.07) is 7.12. The molecule has 4 heteroatoms. The van der Waals surface area contributed by atoms with Crippen LogP contribution in [0.1, 0.15) is 96.8 Å². The largest absolute Gasteiger partial charge is 0.494 e. The molecular weight excluding hydrogens is 323 g/mol. The molecule has 0 aromatic heterocycles. The van der Waals surface area contributed by atoms with E-state index in [0.29, 0.717) is 17.8 Å². The van der Waals surface area contributed by atoms with Crippen molar-refractivity contribution < 1.29 is 14.8 Å². The molecule has 0 amide bonds. The van der Waals surface area contributed by atoms with Crippen molar-refractivity contribution in [3.8, 4) is 5.75 Å². The Morgan fingerprint density at radius 1 is 0.692 bits per heavy atom. The van der Waals surface area contributed by atoms with E-state index in [4.69, 9.17) is 4.74 Å². The lowest BCUT2D eigenvalue weighted by Crippen LogP contribution is -2.31. The topological polar surface area (TPSA) is 49.7 Å². The third kappa shape index (κ3) is 11.6. The number of hydrogen-bond donors (Lipinski definition) is 2. The Balaban J connectivity index is 1.87. The van der Waals surface area contributed by atoms with Crippen LogP contribution in [0, 0.1) is 0 Å². The zero-order chi connectivity index (χ0) is 18.9. The highest BCUT2D eigenvalue weighted by Crippen LogP contribution is 2.13. The molecule has 0 aliphatic heterocycles. The van der Waals surface area contributed by atoms with Crippen LogP contribution in [-0.2, 0) is 0 Å². The van der Waals surface area contributed by atoms with Crippen LogP contribution < -0.4 is 10.2 Å². The average molecular weight is 362 g/mol. The van der Waals surface area contributed by atoms with Gasteiger partial charge in [0.2, 0.25) is 0 Å². The Hall–Kier alpha value is -0.995. The van der Waals surface area contributed by atoms with Gasteiger partial charge in [0.15, 0.2) is 0 Å². The van der Waals surface area contributed by atoms with E-state index in [1.54, 1.807) is 18.2 Å². The highest BCUT2D eigenvalue weighted by atomic mass is 16.5. The van der Waals surface area contributed by atoms with Gasteiger partial charge in [0.05, 0.1) is 6.61 Å². The summed E-state index contributed by atoms with van der Waals surface area (Å²) in [5.74, 6) is 0.581. The summed E-state index contributed by atoms with van der Waals surface area (Å²) < 4.78 is 5.69. The van der Waals surface area contributed by atoms with Crippen molar-refractivity contribution in [1.82, 2.24) is 0 Å². The van der Waals surface area contributed by atoms with Crippen LogP contribution in [0.15, 0.2) is 24.3 Å². The molecule has 0 radical (unpaired) electrons. The number of unbranched alkanes of at least 4 members (excludes halogenated alkanes) is 13. The Labute approximate surface area is 161 Å². The number of para-hydroxylation sites is 1. The van der Waals surface area contributed by atoms with Crippen molar-refractivity contribution in [3.05, 3.63) is 24.3 Å². The first-order valence-electron chi connectivity index (χ1n) is 10.8. The Morgan fingerprint density at radius 3 is 1.65 bits per heavy atom. The molecule has 0 spiro atoms. The normalized spacial score (nSPS) is 10.9. The fourth-order valence-corrected chi connectivity index (χ4v) is 3.30. The number of hydrogen-bond acceptors (Lipinski definition) is 3. The second-order valence-corrected chi connectivity index (χ2v) is 7.36. The van der Waals surface area contributed by atoms with Gasteiger partial charge < -0.3 is 14.8 Å². The van der Waals surface area contributed by atoms with Crippen LogP contribution in [0.5, 0.6) is 5.75 Å². The van der Waals surface area contributed by atoms with Crippen LogP contribution >= 0.6 is 0 Å². The maximum Gasteiger partial charge on any atom is 0.492 e. The van der Waals surface area contributed by atoms with Gasteiger partial charge in [-0.05, 0) is 12.5 Å². The van der Waals surface area contributed by atoms with Crippen molar-refractivity contribution in [2.24, 2.45) is 0 Å². The fourth-order valence-electron chi connectivity index (χ4n) is 3.30. The number of ether oxygens (including phenoxy) is 1. The summed E-state index contributed by atoms with van der Waals surface area (Å²) in [4.78, 5) is 0. The van der Waals surface area contributed by atoms with E-state index in [0.717, 1.165) is 6.42 Å². The molecule has 148 valence electrons. The van der Waals surface area contributed by atoms with Crippen LogP contribution in [0.2, 0.25) is 0 Å². The summed E-state index contributed by atoms with van der Waals surface area (Å²) in [6.07, 6.45) is 18.8. The highest BCUT2D eigenvalue weighted by molar-refractivity contribution is 6.59. The lowest BCUT2D eigenvalue weighted by Gasteiger charge is -2.10. The smallest absolute Gasteiger partial charge is 0.492 e. The van der Waals surface area contributed by atoms with Gasteiger partial charge in [0.25, 0.3) is 0 Å². The minimum Gasteiger partial charge on any atom is -0.494 e. The predicted octanol–water partition coefficient (Wildman–Crippen LogP) is 5.23. The van der Waals surface area contributed by atoms with Gasteiger partial charge in [-0.25, -0.2) is 0 Å². The average Bonchev–Trinajstić information content (AvgIpc) is 2.65. The quantitative estimate of drug-likeness (QED) is 0.295. The van der Waals surface area contributed by atoms with Crippen molar-refractivity contribution in [2.45, 2.75) is 96.8 Å². The summed E-state index contributed by atoms with van der Waals surface area (Å²) >= 11 is 0. The van der Waals surface area contributed by atoms with Crippen LogP contribution in [0.3, 0.4) is 0 Å². The van der Waals surface area contributed by atoms with E-state index >= 15 is 0 Å². The van der Waals surface area contributed by atoms with Gasteiger partial charge >= 0.3 is 7.12 Å². The molecule has 0 aliphatic rings. The third-order valence-electron chi connectivity index (χ3n) is 4.95. The highest BCUT2D eigenvalue weighted by Gasteiger charge is 2.15. The van der Waals surface area contributed by atoms with Gasteiger partial charge in [-0.2, -0.15) is 0 Å². The minimum absolute atomic E-state index is 0.442. The van der Waals surface area contributed by atoms with E-state index in [2.05, 4.69) is 6.92 Å². The number of rotatable bonds is 17. The Kier molecular flexibility index (Phi) is 14.4. The first-order chi connectivity index (χ1) is 12.8. The Morgan fingerprint density at radius 2 is 1.15 bits per heavy atom. The summed E-state index contributed by atoms with van der Waals surface area (Å²) in [6.45, 7) is 2.91. The van der Waals surface area contributed by atoms with Gasteiger partial charge in [-0.1, -0.05) is 109 Å². The zero-order valence-electron chi connectivity index (χ0n) is 16.8. The summed E-state index contributed by atoms with van der Waals surface area (Å²) in [7, 11) is -1.47. The van der Waals surface area contributed by atoms with Gasteiger partial charge in [0, 0.05) is 5.46 Å². The number of benzene rings is 1. The van der Waals surface area contributed by atoms with Crippen LogP contribution in [0.4, 0.5) is 0 Å². The van der Waals surface area contributed by atoms with E-state index in [1.807, 2.05) is 6.07 Å². The minimum atomic E-state index is -1.47. The standard InChI is InChI=1S/C22H39BO3/c1-2-3-4-5-6-7-8-9-10-11-12-13-14-17-20-26-22-19-16-15-18-21(22)23(24)25/h15-16,18-19,24-25H,2-14,17,20H2,1H3. The zero-order valence-corrected chi connectivity index (χ0v) is 16.8. The molecule has 2 N–H and O–H groups in total. The molecule has 1 aromatic carbocycles. The first-order valence-corrected chi connectivity index (χ1v) is 10.8. The summed E-state index contributed by atoms with van der Waals surface area (Å²) in [5.41, 5.74) is 0.442. The molecule has 26 heavy (non-hydrogen) atoms. The van der Waals surface area contributed by atoms with Crippen molar-refractivity contribution >= 4 is 12.6 Å². The van der Waals surface area contributed by atoms with Crippen LogP contribution in [-0.4, -0.2) is 23.8 Å². The monoisotopic (exact) mass is 362 g/mol. The third-order valence-corrected chi connectivity index (χ3v) is 4.95. The van der Waals surface area contributed by atoms with E-state index in [-0.39, 0.29) is 0 Å². The molecule has 0 aliphatic carbocycles. The van der Waals surface area contributed by atoms with Crippen LogP contribution in [0.25, 0.3) is 0 Å². The summed E-state index contributed by atoms with van der Waals surface area (Å²) in [5, 5.41) is 18.6. The van der Waals surface area contributed by atoms with Crippen molar-refractivity contribution in [1.29, 1.82) is 0 Å². The second-order valence-electron chi connectivity index (χ2n) is 7.36. The molecule has 0 saturated carbocycles. The second kappa shape index (κ2) is 16.2. The van der Waals surface area contributed by atoms with Gasteiger partial charge in [-0.15, -0.1) is 0 Å². The SMILES string of the molecule is CCCCCCCCCCCCCCCCOc1ccccc1B(O)O. The molecule has 0 heterocycles. The maximum atomic E-state index is 9.31. The molecule has 0 fully saturated rings. The molecule has 0 saturated heterocycles. The molecule has 0 bridgehead atoms. The predicted molar refractivity (Wildman–Crippen MR) is 112 cm³/mol. The molecule has 1 aromatic rings. The van der Waals surface area contributed by atoms with Gasteiger partial charge in [0.1, 0.15) is 5.75 Å². The van der Waals surface area contributed by atoms with E-state index in [1.165, 1.54) is 83.5 Å². The van der Waals surface area contributed by atoms with Crippen molar-refractivity contribution in [2.75, 3.05) is 6.61 Å². The van der Waals surface area contributed by atoms with E-state index < -0.39 is 7.12 Å². The Bertz CT molecular complexity index is 437. The molecule has 0 unspecified atom stereocenters. The molecule has 3 nitrogen and oxygen atoms in total. The lowest BCUT2D eigenvalue weighted by molar-refractivity contribution is 0.304. The molecular formula is C22H39BO3. The lowest BCUT2D eigenvalue weighted by atomic mass is 9.79. The van der Waals surface area contributed by atoms with Crippen molar-refractivity contribution in [3.63, 3.8) is 0 Å². The molecule has 0 atom stereocenters. The maximum absolute atomic E-state index is 9.31. The first kappa shape index (κ1) is 23.0.